The van der Waals surface area contributed by atoms with E-state index in [-0.39, 0.29) is 12.5 Å². The predicted octanol–water partition coefficient (Wildman–Crippen LogP) is 4.38. The van der Waals surface area contributed by atoms with Crippen molar-refractivity contribution < 1.29 is 9.53 Å². The number of carbonyl (C=O) groups excluding carboxylic acids is 1. The highest BCUT2D eigenvalue weighted by Crippen LogP contribution is 2.39. The highest BCUT2D eigenvalue weighted by molar-refractivity contribution is 7.16. The van der Waals surface area contributed by atoms with Crippen LogP contribution in [0.5, 0.6) is 5.75 Å². The molecule has 1 aromatic carbocycles. The van der Waals surface area contributed by atoms with Gasteiger partial charge < -0.3 is 10.1 Å². The van der Waals surface area contributed by atoms with Gasteiger partial charge in [0.1, 0.15) is 23.4 Å². The van der Waals surface area contributed by atoms with Crippen molar-refractivity contribution in [2.75, 3.05) is 25.5 Å². The molecule has 29 heavy (non-hydrogen) atoms. The van der Waals surface area contributed by atoms with Crippen molar-refractivity contribution >= 4 is 22.2 Å². The second kappa shape index (κ2) is 9.73. The number of anilines is 1. The van der Waals surface area contributed by atoms with E-state index in [1.165, 1.54) is 4.88 Å². The zero-order chi connectivity index (χ0) is 20.8. The molecule has 5 nitrogen and oxygen atoms in total. The van der Waals surface area contributed by atoms with Crippen LogP contribution in [0, 0.1) is 17.2 Å². The van der Waals surface area contributed by atoms with Crippen LogP contribution in [0.1, 0.15) is 34.9 Å². The Kier molecular flexibility index (Phi) is 7.08. The van der Waals surface area contributed by atoms with Gasteiger partial charge >= 0.3 is 0 Å². The van der Waals surface area contributed by atoms with Gasteiger partial charge in [-0.3, -0.25) is 9.69 Å². The van der Waals surface area contributed by atoms with Gasteiger partial charge in [0.15, 0.2) is 0 Å². The summed E-state index contributed by atoms with van der Waals surface area (Å²) in [6.45, 7) is 7.27. The highest BCUT2D eigenvalue weighted by Gasteiger charge is 2.24. The topological polar surface area (TPSA) is 65.4 Å². The van der Waals surface area contributed by atoms with Crippen molar-refractivity contribution in [3.63, 3.8) is 0 Å². The smallest absolute Gasteiger partial charge is 0.239 e. The molecule has 1 N–H and O–H groups in total. The van der Waals surface area contributed by atoms with Gasteiger partial charge in [0.05, 0.1) is 12.1 Å². The number of benzene rings is 1. The highest BCUT2D eigenvalue weighted by atomic mass is 32.1. The maximum atomic E-state index is 12.5. The number of hydrogen-bond acceptors (Lipinski definition) is 5. The fourth-order valence-electron chi connectivity index (χ4n) is 3.58. The second-order valence-corrected chi connectivity index (χ2v) is 8.74. The fraction of sp³-hybridized carbons (Fsp3) is 0.391. The number of fused-ring (bicyclic) bond motifs is 1. The summed E-state index contributed by atoms with van der Waals surface area (Å²) in [5.74, 6) is 1.34. The summed E-state index contributed by atoms with van der Waals surface area (Å²) in [6, 6.07) is 10.1. The van der Waals surface area contributed by atoms with Crippen LogP contribution < -0.4 is 10.1 Å². The van der Waals surface area contributed by atoms with Gasteiger partial charge in [-0.05, 0) is 55.5 Å². The Hall–Kier alpha value is -2.62. The summed E-state index contributed by atoms with van der Waals surface area (Å²) in [6.07, 6.45) is 4.74. The standard InChI is InChI=1S/C23H27N3O2S/c1-4-11-28-18-8-6-17(7-9-18)14-26(3)15-22(27)25-23-20(13-24)19-10-5-16(2)12-21(19)29-23/h4,6-9,16H,1,5,10-12,14-15H2,2-3H3,(H,25,27). The van der Waals surface area contributed by atoms with Crippen LogP contribution >= 0.6 is 11.3 Å². The maximum Gasteiger partial charge on any atom is 0.239 e. The zero-order valence-electron chi connectivity index (χ0n) is 17.0. The first-order valence-corrected chi connectivity index (χ1v) is 10.7. The Morgan fingerprint density at radius 3 is 2.90 bits per heavy atom. The second-order valence-electron chi connectivity index (χ2n) is 7.63. The Morgan fingerprint density at radius 2 is 2.21 bits per heavy atom. The Bertz CT molecular complexity index is 911. The minimum absolute atomic E-state index is 0.0958. The van der Waals surface area contributed by atoms with Crippen molar-refractivity contribution in [1.82, 2.24) is 4.90 Å². The number of rotatable bonds is 8. The van der Waals surface area contributed by atoms with Crippen LogP contribution in [0.25, 0.3) is 0 Å². The number of thiophene rings is 1. The van der Waals surface area contributed by atoms with E-state index < -0.39 is 0 Å². The molecule has 3 rings (SSSR count). The summed E-state index contributed by atoms with van der Waals surface area (Å²) >= 11 is 1.56. The van der Waals surface area contributed by atoms with Gasteiger partial charge in [0, 0.05) is 11.4 Å². The molecule has 0 saturated carbocycles. The molecular formula is C23H27N3O2S. The number of ether oxygens (including phenoxy) is 1. The summed E-state index contributed by atoms with van der Waals surface area (Å²) in [4.78, 5) is 15.8. The molecule has 0 aliphatic heterocycles. The third-order valence-corrected chi connectivity index (χ3v) is 6.20. The van der Waals surface area contributed by atoms with E-state index in [1.54, 1.807) is 17.4 Å². The first-order chi connectivity index (χ1) is 14.0. The molecule has 0 fully saturated rings. The molecule has 1 unspecified atom stereocenters. The minimum atomic E-state index is -0.0958. The number of hydrogen-bond donors (Lipinski definition) is 1. The predicted molar refractivity (Wildman–Crippen MR) is 117 cm³/mol. The van der Waals surface area contributed by atoms with Crippen LogP contribution in [-0.4, -0.2) is 31.0 Å². The van der Waals surface area contributed by atoms with Gasteiger partial charge in [-0.25, -0.2) is 0 Å². The van der Waals surface area contributed by atoms with E-state index in [0.29, 0.717) is 29.6 Å². The molecule has 0 bridgehead atoms. The molecule has 1 heterocycles. The number of nitrogens with one attached hydrogen (secondary N) is 1. The van der Waals surface area contributed by atoms with E-state index >= 15 is 0 Å². The number of likely N-dealkylation sites (N-methyl/N-ethyl adjacent to an activating group) is 1. The van der Waals surface area contributed by atoms with Crippen LogP contribution in [0.15, 0.2) is 36.9 Å². The molecule has 1 aliphatic carbocycles. The van der Waals surface area contributed by atoms with Crippen molar-refractivity contribution in [3.8, 4) is 11.8 Å². The summed E-state index contributed by atoms with van der Waals surface area (Å²) in [5.41, 5.74) is 2.89. The number of amides is 1. The number of nitriles is 1. The molecule has 1 atom stereocenters. The Balaban J connectivity index is 1.57. The molecule has 2 aromatic rings. The molecular weight excluding hydrogens is 382 g/mol. The third kappa shape index (κ3) is 5.47. The number of nitrogens with zero attached hydrogens (tertiary/aromatic N) is 2. The van der Waals surface area contributed by atoms with E-state index in [1.807, 2.05) is 36.2 Å². The zero-order valence-corrected chi connectivity index (χ0v) is 17.8. The Morgan fingerprint density at radius 1 is 1.45 bits per heavy atom. The third-order valence-electron chi connectivity index (χ3n) is 5.03. The van der Waals surface area contributed by atoms with Crippen LogP contribution in [-0.2, 0) is 24.2 Å². The van der Waals surface area contributed by atoms with Crippen LogP contribution in [0.2, 0.25) is 0 Å². The molecule has 1 aromatic heterocycles. The SMILES string of the molecule is C=CCOc1ccc(CN(C)CC(=O)Nc2sc3c(c2C#N)CCC(C)C3)cc1. The fourth-order valence-corrected chi connectivity index (χ4v) is 4.96. The lowest BCUT2D eigenvalue weighted by Crippen LogP contribution is -2.29. The van der Waals surface area contributed by atoms with Crippen LogP contribution in [0.4, 0.5) is 5.00 Å². The summed E-state index contributed by atoms with van der Waals surface area (Å²) in [7, 11) is 1.91. The molecule has 0 spiro atoms. The minimum Gasteiger partial charge on any atom is -0.490 e. The van der Waals surface area contributed by atoms with E-state index in [2.05, 4.69) is 24.9 Å². The van der Waals surface area contributed by atoms with Crippen molar-refractivity contribution in [2.45, 2.75) is 32.7 Å². The normalized spacial score (nSPS) is 15.4. The van der Waals surface area contributed by atoms with Crippen molar-refractivity contribution in [2.24, 2.45) is 5.92 Å². The molecule has 0 radical (unpaired) electrons. The summed E-state index contributed by atoms with van der Waals surface area (Å²) in [5, 5.41) is 13.2. The molecule has 0 saturated heterocycles. The van der Waals surface area contributed by atoms with Gasteiger partial charge in [0.2, 0.25) is 5.91 Å². The van der Waals surface area contributed by atoms with E-state index in [0.717, 1.165) is 36.1 Å². The molecule has 6 heteroatoms. The van der Waals surface area contributed by atoms with E-state index in [9.17, 15) is 10.1 Å². The Labute approximate surface area is 176 Å². The first kappa shape index (κ1) is 21.1. The summed E-state index contributed by atoms with van der Waals surface area (Å²) < 4.78 is 5.49. The molecule has 152 valence electrons. The van der Waals surface area contributed by atoms with Crippen molar-refractivity contribution in [3.05, 3.63) is 58.5 Å². The lowest BCUT2D eigenvalue weighted by atomic mass is 9.89. The van der Waals surface area contributed by atoms with Gasteiger partial charge in [-0.1, -0.05) is 31.7 Å². The van der Waals surface area contributed by atoms with Gasteiger partial charge in [0.25, 0.3) is 0 Å². The van der Waals surface area contributed by atoms with E-state index in [4.69, 9.17) is 4.74 Å². The monoisotopic (exact) mass is 409 g/mol. The number of carbonyl (C=O) groups is 1. The maximum absolute atomic E-state index is 12.5. The first-order valence-electron chi connectivity index (χ1n) is 9.85. The van der Waals surface area contributed by atoms with Crippen LogP contribution in [0.3, 0.4) is 0 Å². The lowest BCUT2D eigenvalue weighted by molar-refractivity contribution is -0.117. The molecule has 1 aliphatic rings. The largest absolute Gasteiger partial charge is 0.490 e. The quantitative estimate of drug-likeness (QED) is 0.657. The average molecular weight is 410 g/mol. The average Bonchev–Trinajstić information content (AvgIpc) is 3.02. The van der Waals surface area contributed by atoms with Gasteiger partial charge in [-0.15, -0.1) is 11.3 Å². The van der Waals surface area contributed by atoms with Gasteiger partial charge in [-0.2, -0.15) is 5.26 Å². The van der Waals surface area contributed by atoms with Crippen molar-refractivity contribution in [1.29, 1.82) is 5.26 Å². The molecule has 1 amide bonds. The lowest BCUT2D eigenvalue weighted by Gasteiger charge is -2.17.